The van der Waals surface area contributed by atoms with Crippen LogP contribution in [0.15, 0.2) is 24.5 Å². The summed E-state index contributed by atoms with van der Waals surface area (Å²) >= 11 is 0. The topological polar surface area (TPSA) is 61.0 Å². The Balaban J connectivity index is 2.32. The van der Waals surface area contributed by atoms with Gasteiger partial charge in [-0.15, -0.1) is 0 Å². The molecule has 0 saturated heterocycles. The standard InChI is InChI=1S/C13H15N3O/c1-8-4-9(2)10(3)12(5-8)17-13-15-6-11(14)7-16-13/h4-7H,14H2,1-3H3. The van der Waals surface area contributed by atoms with Crippen molar-refractivity contribution in [1.29, 1.82) is 0 Å². The lowest BCUT2D eigenvalue weighted by molar-refractivity contribution is 0.438. The van der Waals surface area contributed by atoms with Crippen LogP contribution in [-0.4, -0.2) is 9.97 Å². The molecule has 1 aromatic heterocycles. The van der Waals surface area contributed by atoms with Crippen LogP contribution >= 0.6 is 0 Å². The number of ether oxygens (including phenoxy) is 1. The number of anilines is 1. The normalized spacial score (nSPS) is 10.3. The molecule has 88 valence electrons. The molecular weight excluding hydrogens is 214 g/mol. The van der Waals surface area contributed by atoms with E-state index in [1.807, 2.05) is 19.9 Å². The highest BCUT2D eigenvalue weighted by molar-refractivity contribution is 5.43. The van der Waals surface area contributed by atoms with Crippen LogP contribution in [0.4, 0.5) is 5.69 Å². The van der Waals surface area contributed by atoms with Gasteiger partial charge in [0.15, 0.2) is 0 Å². The van der Waals surface area contributed by atoms with E-state index >= 15 is 0 Å². The van der Waals surface area contributed by atoms with Gasteiger partial charge in [-0.25, -0.2) is 9.97 Å². The summed E-state index contributed by atoms with van der Waals surface area (Å²) in [6.07, 6.45) is 3.06. The monoisotopic (exact) mass is 229 g/mol. The van der Waals surface area contributed by atoms with Gasteiger partial charge < -0.3 is 10.5 Å². The summed E-state index contributed by atoms with van der Waals surface area (Å²) in [6.45, 7) is 6.10. The second-order valence-electron chi connectivity index (χ2n) is 4.11. The molecule has 0 aliphatic rings. The van der Waals surface area contributed by atoms with Crippen LogP contribution in [-0.2, 0) is 0 Å². The number of hydrogen-bond acceptors (Lipinski definition) is 4. The zero-order valence-corrected chi connectivity index (χ0v) is 10.2. The maximum atomic E-state index is 5.65. The van der Waals surface area contributed by atoms with Crippen molar-refractivity contribution in [2.24, 2.45) is 0 Å². The summed E-state index contributed by atoms with van der Waals surface area (Å²) in [5.74, 6) is 0.785. The summed E-state index contributed by atoms with van der Waals surface area (Å²) in [5, 5.41) is 0. The van der Waals surface area contributed by atoms with E-state index in [9.17, 15) is 0 Å². The molecule has 0 fully saturated rings. The molecule has 0 saturated carbocycles. The van der Waals surface area contributed by atoms with Crippen molar-refractivity contribution in [3.8, 4) is 11.8 Å². The Kier molecular flexibility index (Phi) is 2.95. The second kappa shape index (κ2) is 4.41. The third-order valence-electron chi connectivity index (χ3n) is 2.61. The minimum atomic E-state index is 0.312. The quantitative estimate of drug-likeness (QED) is 0.860. The van der Waals surface area contributed by atoms with Crippen LogP contribution in [0.5, 0.6) is 11.8 Å². The number of aryl methyl sites for hydroxylation is 2. The van der Waals surface area contributed by atoms with Crippen molar-refractivity contribution in [3.63, 3.8) is 0 Å². The van der Waals surface area contributed by atoms with E-state index in [1.165, 1.54) is 18.0 Å². The van der Waals surface area contributed by atoms with E-state index in [1.54, 1.807) is 0 Å². The fourth-order valence-electron chi connectivity index (χ4n) is 1.58. The van der Waals surface area contributed by atoms with Crippen molar-refractivity contribution in [3.05, 3.63) is 41.2 Å². The average molecular weight is 229 g/mol. The van der Waals surface area contributed by atoms with Gasteiger partial charge in [0.25, 0.3) is 0 Å². The third kappa shape index (κ3) is 2.53. The summed E-state index contributed by atoms with van der Waals surface area (Å²) in [4.78, 5) is 8.03. The minimum absolute atomic E-state index is 0.312. The number of benzene rings is 1. The molecule has 1 aromatic carbocycles. The molecule has 0 atom stereocenters. The van der Waals surface area contributed by atoms with E-state index in [0.29, 0.717) is 11.7 Å². The van der Waals surface area contributed by atoms with Crippen molar-refractivity contribution in [2.45, 2.75) is 20.8 Å². The lowest BCUT2D eigenvalue weighted by Gasteiger charge is -2.10. The van der Waals surface area contributed by atoms with Gasteiger partial charge >= 0.3 is 6.01 Å². The fourth-order valence-corrected chi connectivity index (χ4v) is 1.58. The lowest BCUT2D eigenvalue weighted by atomic mass is 10.1. The molecule has 2 aromatic rings. The smallest absolute Gasteiger partial charge is 0.322 e. The molecule has 0 unspecified atom stereocenters. The number of rotatable bonds is 2. The molecule has 2 rings (SSSR count). The second-order valence-corrected chi connectivity index (χ2v) is 4.11. The van der Waals surface area contributed by atoms with E-state index in [0.717, 1.165) is 16.9 Å². The Morgan fingerprint density at radius 1 is 1.06 bits per heavy atom. The largest absolute Gasteiger partial charge is 0.424 e. The van der Waals surface area contributed by atoms with Gasteiger partial charge in [0.2, 0.25) is 0 Å². The molecule has 4 heteroatoms. The Labute approximate surface area is 100 Å². The van der Waals surface area contributed by atoms with Gasteiger partial charge in [-0.2, -0.15) is 0 Å². The molecule has 1 heterocycles. The summed E-state index contributed by atoms with van der Waals surface area (Å²) in [5.41, 5.74) is 9.48. The third-order valence-corrected chi connectivity index (χ3v) is 2.61. The maximum absolute atomic E-state index is 5.65. The SMILES string of the molecule is Cc1cc(C)c(C)c(Oc2ncc(N)cn2)c1. The van der Waals surface area contributed by atoms with Crippen molar-refractivity contribution < 1.29 is 4.74 Å². The highest BCUT2D eigenvalue weighted by atomic mass is 16.5. The molecule has 0 aliphatic carbocycles. The molecule has 17 heavy (non-hydrogen) atoms. The zero-order chi connectivity index (χ0) is 12.4. The van der Waals surface area contributed by atoms with Gasteiger partial charge in [0, 0.05) is 0 Å². The molecule has 0 aliphatic heterocycles. The van der Waals surface area contributed by atoms with Crippen LogP contribution < -0.4 is 10.5 Å². The number of nitrogens with zero attached hydrogens (tertiary/aromatic N) is 2. The molecule has 0 radical (unpaired) electrons. The number of hydrogen-bond donors (Lipinski definition) is 1. The molecule has 4 nitrogen and oxygen atoms in total. The minimum Gasteiger partial charge on any atom is -0.424 e. The summed E-state index contributed by atoms with van der Waals surface area (Å²) < 4.78 is 5.65. The van der Waals surface area contributed by atoms with E-state index in [4.69, 9.17) is 10.5 Å². The van der Waals surface area contributed by atoms with Crippen LogP contribution in [0.2, 0.25) is 0 Å². The first-order valence-corrected chi connectivity index (χ1v) is 5.39. The molecule has 0 spiro atoms. The summed E-state index contributed by atoms with van der Waals surface area (Å²) in [7, 11) is 0. The maximum Gasteiger partial charge on any atom is 0.322 e. The van der Waals surface area contributed by atoms with Gasteiger partial charge in [-0.1, -0.05) is 6.07 Å². The Morgan fingerprint density at radius 3 is 2.35 bits per heavy atom. The van der Waals surface area contributed by atoms with Crippen LogP contribution in [0.25, 0.3) is 0 Å². The van der Waals surface area contributed by atoms with Crippen LogP contribution in [0.3, 0.4) is 0 Å². The average Bonchev–Trinajstić information content (AvgIpc) is 2.28. The first kappa shape index (κ1) is 11.4. The number of nitrogens with two attached hydrogens (primary N) is 1. The van der Waals surface area contributed by atoms with Gasteiger partial charge in [-0.05, 0) is 43.5 Å². The number of nitrogen functional groups attached to an aromatic ring is 1. The van der Waals surface area contributed by atoms with Gasteiger partial charge in [-0.3, -0.25) is 0 Å². The molecular formula is C13H15N3O. The highest BCUT2D eigenvalue weighted by Gasteiger charge is 2.06. The predicted molar refractivity (Wildman–Crippen MR) is 67.2 cm³/mol. The van der Waals surface area contributed by atoms with Crippen LogP contribution in [0, 0.1) is 20.8 Å². The van der Waals surface area contributed by atoms with E-state index < -0.39 is 0 Å². The van der Waals surface area contributed by atoms with Crippen LogP contribution in [0.1, 0.15) is 16.7 Å². The van der Waals surface area contributed by atoms with Crippen molar-refractivity contribution in [2.75, 3.05) is 5.73 Å². The Bertz CT molecular complexity index is 535. The predicted octanol–water partition coefficient (Wildman–Crippen LogP) is 2.78. The fraction of sp³-hybridized carbons (Fsp3) is 0.231. The molecule has 0 amide bonds. The first-order valence-electron chi connectivity index (χ1n) is 5.39. The summed E-state index contributed by atoms with van der Waals surface area (Å²) in [6, 6.07) is 4.40. The van der Waals surface area contributed by atoms with Gasteiger partial charge in [0.05, 0.1) is 18.1 Å². The molecule has 2 N–H and O–H groups in total. The Hall–Kier alpha value is -2.10. The number of aromatic nitrogens is 2. The highest BCUT2D eigenvalue weighted by Crippen LogP contribution is 2.26. The van der Waals surface area contributed by atoms with Crippen molar-refractivity contribution >= 4 is 5.69 Å². The lowest BCUT2D eigenvalue weighted by Crippen LogP contribution is -1.96. The zero-order valence-electron chi connectivity index (χ0n) is 10.2. The first-order chi connectivity index (χ1) is 8.06. The molecule has 0 bridgehead atoms. The Morgan fingerprint density at radius 2 is 1.71 bits per heavy atom. The van der Waals surface area contributed by atoms with E-state index in [-0.39, 0.29) is 0 Å². The van der Waals surface area contributed by atoms with E-state index in [2.05, 4.69) is 23.0 Å². The van der Waals surface area contributed by atoms with Crippen molar-refractivity contribution in [1.82, 2.24) is 9.97 Å². The van der Waals surface area contributed by atoms with Gasteiger partial charge in [0.1, 0.15) is 5.75 Å².